The smallest absolute Gasteiger partial charge is 0.298 e. The summed E-state index contributed by atoms with van der Waals surface area (Å²) in [7, 11) is 1.10. The van der Waals surface area contributed by atoms with Crippen LogP contribution < -0.4 is 0 Å². The van der Waals surface area contributed by atoms with E-state index in [0.29, 0.717) is 0 Å². The van der Waals surface area contributed by atoms with Crippen LogP contribution in [0.2, 0.25) is 0 Å². The van der Waals surface area contributed by atoms with E-state index >= 15 is 0 Å². The van der Waals surface area contributed by atoms with Crippen LogP contribution in [0.25, 0.3) is 0 Å². The summed E-state index contributed by atoms with van der Waals surface area (Å²) in [5.74, 6) is 0. The van der Waals surface area contributed by atoms with Crippen LogP contribution in [0.15, 0.2) is 0 Å². The molecule has 0 aliphatic rings. The number of rotatable bonds is 1. The van der Waals surface area contributed by atoms with E-state index in [4.69, 9.17) is 4.57 Å². The zero-order chi connectivity index (χ0) is 3.41. The maximum atomic E-state index is 9.05. The van der Waals surface area contributed by atoms with Gasteiger partial charge in [0.25, 0.3) is 0 Å². The maximum Gasteiger partial charge on any atom is 0.327 e. The zero-order valence-electron chi connectivity index (χ0n) is 2.76. The van der Waals surface area contributed by atoms with E-state index < -0.39 is 0 Å². The van der Waals surface area contributed by atoms with Crippen molar-refractivity contribution in [3.05, 3.63) is 0 Å². The molecule has 0 saturated carbocycles. The Morgan fingerprint density at radius 3 is 2.00 bits per heavy atom. The summed E-state index contributed by atoms with van der Waals surface area (Å²) in [6, 6.07) is 0. The molecule has 0 aliphatic carbocycles. The second kappa shape index (κ2) is 9.06. The van der Waals surface area contributed by atoms with Gasteiger partial charge < -0.3 is 0 Å². The van der Waals surface area contributed by atoms with E-state index in [1.165, 1.54) is 7.11 Å². The maximum absolute atomic E-state index is 9.05. The summed E-state index contributed by atoms with van der Waals surface area (Å²) in [5, 5.41) is 0. The molecular weight excluding hydrogens is 215 g/mol. The topological polar surface area (TPSA) is 26.3 Å². The Morgan fingerprint density at radius 1 is 1.80 bits per heavy atom. The van der Waals surface area contributed by atoms with Crippen LogP contribution in [0.3, 0.4) is 0 Å². The summed E-state index contributed by atoms with van der Waals surface area (Å²) in [4.78, 5) is 0. The predicted octanol–water partition coefficient (Wildman–Crippen LogP) is 0.839. The van der Waals surface area contributed by atoms with Gasteiger partial charge in [0, 0.05) is 48.9 Å². The minimum absolute atomic E-state index is 0. The fourth-order valence-electron chi connectivity index (χ4n) is 0. The third-order valence-corrected chi connectivity index (χ3v) is 0.224. The molecular formula is CH3CeO2P. The average molecular weight is 218 g/mol. The first-order valence-corrected chi connectivity index (χ1v) is 1.50. The van der Waals surface area contributed by atoms with E-state index in [9.17, 15) is 0 Å². The molecule has 5 heavy (non-hydrogen) atoms. The molecule has 0 heterocycles. The van der Waals surface area contributed by atoms with Crippen molar-refractivity contribution in [1.82, 2.24) is 0 Å². The van der Waals surface area contributed by atoms with Crippen molar-refractivity contribution in [2.75, 3.05) is 7.11 Å². The molecule has 2 nitrogen and oxygen atoms in total. The minimum atomic E-state index is -0.252. The Hall–Kier alpha value is 1.44. The van der Waals surface area contributed by atoms with Crippen LogP contribution in [0, 0.1) is 41.7 Å². The first-order chi connectivity index (χ1) is 1.91. The Bertz CT molecular complexity index is 23.6. The third-order valence-electron chi connectivity index (χ3n) is 0.0745. The van der Waals surface area contributed by atoms with Crippen molar-refractivity contribution in [1.29, 1.82) is 0 Å². The normalized spacial score (nSPS) is 6.60. The van der Waals surface area contributed by atoms with Crippen molar-refractivity contribution >= 4 is 8.69 Å². The molecule has 4 heteroatoms. The molecule has 0 atom stereocenters. The molecule has 0 unspecified atom stereocenters. The van der Waals surface area contributed by atoms with Gasteiger partial charge in [0.1, 0.15) is 0 Å². The summed E-state index contributed by atoms with van der Waals surface area (Å²) < 4.78 is 13.0. The molecule has 0 amide bonds. The molecule has 0 saturated heterocycles. The largest absolute Gasteiger partial charge is 0.327 e. The SMILES string of the molecule is COP=O.[Ce]. The number of hydrogen-bond acceptors (Lipinski definition) is 2. The van der Waals surface area contributed by atoms with Crippen molar-refractivity contribution < 1.29 is 50.8 Å². The van der Waals surface area contributed by atoms with Crippen LogP contribution in [0.5, 0.6) is 0 Å². The van der Waals surface area contributed by atoms with E-state index in [0.717, 1.165) is 0 Å². The van der Waals surface area contributed by atoms with Gasteiger partial charge in [0.05, 0.1) is 0 Å². The third kappa shape index (κ3) is 10.8. The van der Waals surface area contributed by atoms with E-state index in [-0.39, 0.29) is 50.4 Å². The first kappa shape index (κ1) is 9.67. The molecule has 0 spiro atoms. The van der Waals surface area contributed by atoms with Crippen LogP contribution in [0.4, 0.5) is 0 Å². The van der Waals surface area contributed by atoms with Gasteiger partial charge in [-0.2, -0.15) is 0 Å². The van der Waals surface area contributed by atoms with Crippen LogP contribution >= 0.6 is 8.69 Å². The summed E-state index contributed by atoms with van der Waals surface area (Å²) in [5.41, 5.74) is 0. The Balaban J connectivity index is 0. The van der Waals surface area contributed by atoms with Gasteiger partial charge in [0.15, 0.2) is 0 Å². The summed E-state index contributed by atoms with van der Waals surface area (Å²) >= 11 is 0. The Kier molecular flexibility index (Phi) is 17.5. The standard InChI is InChI=1S/CH3O2P.Ce/c1-3-4-2;/h1H3;. The van der Waals surface area contributed by atoms with Crippen molar-refractivity contribution in [3.8, 4) is 0 Å². The minimum Gasteiger partial charge on any atom is -0.298 e. The fourth-order valence-corrected chi connectivity index (χ4v) is 0. The van der Waals surface area contributed by atoms with Gasteiger partial charge in [0.2, 0.25) is 0 Å². The molecule has 28 valence electrons. The Labute approximate surface area is 65.9 Å². The second-order valence-electron chi connectivity index (χ2n) is 0.257. The van der Waals surface area contributed by atoms with E-state index in [2.05, 4.69) is 4.52 Å². The molecule has 0 aromatic carbocycles. The molecule has 0 N–H and O–H groups in total. The Morgan fingerprint density at radius 2 is 2.00 bits per heavy atom. The molecule has 0 bridgehead atoms. The second-order valence-corrected chi connectivity index (χ2v) is 0.771. The van der Waals surface area contributed by atoms with E-state index in [1.54, 1.807) is 0 Å². The number of hydrogen-bond donors (Lipinski definition) is 0. The molecule has 0 aromatic heterocycles. The fraction of sp³-hybridized carbons (Fsp3) is 1.00. The predicted molar refractivity (Wildman–Crippen MR) is 14.6 cm³/mol. The molecule has 0 aliphatic heterocycles. The molecule has 0 fully saturated rings. The van der Waals surface area contributed by atoms with Gasteiger partial charge >= 0.3 is 8.69 Å². The van der Waals surface area contributed by atoms with Crippen molar-refractivity contribution in [2.45, 2.75) is 0 Å². The van der Waals surface area contributed by atoms with Crippen LogP contribution in [0.1, 0.15) is 0 Å². The average Bonchev–Trinajstić information content (AvgIpc) is 1.37. The van der Waals surface area contributed by atoms with Crippen LogP contribution in [-0.4, -0.2) is 7.11 Å². The van der Waals surface area contributed by atoms with Gasteiger partial charge in [-0.15, -0.1) is 0 Å². The summed E-state index contributed by atoms with van der Waals surface area (Å²) in [6.45, 7) is 0. The van der Waals surface area contributed by atoms with Crippen molar-refractivity contribution in [3.63, 3.8) is 0 Å². The van der Waals surface area contributed by atoms with Gasteiger partial charge in [-0.05, 0) is 0 Å². The molecule has 0 radical (unpaired) electrons. The first-order valence-electron chi connectivity index (χ1n) is 0.773. The monoisotopic (exact) mass is 218 g/mol. The summed E-state index contributed by atoms with van der Waals surface area (Å²) in [6.07, 6.45) is 0. The van der Waals surface area contributed by atoms with Crippen LogP contribution in [-0.2, 0) is 9.09 Å². The van der Waals surface area contributed by atoms with Gasteiger partial charge in [-0.25, -0.2) is 4.57 Å². The van der Waals surface area contributed by atoms with E-state index in [1.807, 2.05) is 0 Å². The van der Waals surface area contributed by atoms with Gasteiger partial charge in [-0.3, -0.25) is 4.52 Å². The van der Waals surface area contributed by atoms with Crippen molar-refractivity contribution in [2.24, 2.45) is 0 Å². The quantitative estimate of drug-likeness (QED) is 0.609. The molecule has 0 aromatic rings. The molecule has 0 rings (SSSR count). The zero-order valence-corrected chi connectivity index (χ0v) is 6.80. The van der Waals surface area contributed by atoms with Gasteiger partial charge in [-0.1, -0.05) is 0 Å².